The van der Waals surface area contributed by atoms with Gasteiger partial charge in [-0.3, -0.25) is 5.32 Å². The number of rotatable bonds is 4. The summed E-state index contributed by atoms with van der Waals surface area (Å²) in [6, 6.07) is 11.7. The summed E-state index contributed by atoms with van der Waals surface area (Å²) in [5, 5.41) is 14.2. The van der Waals surface area contributed by atoms with E-state index in [2.05, 4.69) is 15.0 Å². The van der Waals surface area contributed by atoms with Crippen LogP contribution in [0.5, 0.6) is 5.75 Å². The number of imidazole rings is 1. The predicted octanol–water partition coefficient (Wildman–Crippen LogP) is 3.97. The summed E-state index contributed by atoms with van der Waals surface area (Å²) in [7, 11) is 2.75. The molecule has 0 atom stereocenters. The Morgan fingerprint density at radius 3 is 2.72 bits per heavy atom. The molecule has 2 N–H and O–H groups in total. The monoisotopic (exact) mass is 395 g/mol. The van der Waals surface area contributed by atoms with E-state index in [0.29, 0.717) is 28.5 Å². The number of carbonyl (C=O) groups is 1. The Morgan fingerprint density at radius 2 is 2.03 bits per heavy atom. The first-order valence-electron chi connectivity index (χ1n) is 8.79. The number of hydrogen-bond donors (Lipinski definition) is 2. The first-order chi connectivity index (χ1) is 14.0. The summed E-state index contributed by atoms with van der Waals surface area (Å²) < 4.78 is 26.0. The van der Waals surface area contributed by atoms with Crippen LogP contribution in [0, 0.1) is 5.82 Å². The minimum Gasteiger partial charge on any atom is -0.497 e. The lowest BCUT2D eigenvalue weighted by atomic mass is 10.1. The van der Waals surface area contributed by atoms with Crippen molar-refractivity contribution in [3.05, 3.63) is 60.2 Å². The van der Waals surface area contributed by atoms with Crippen LogP contribution in [0.15, 0.2) is 48.7 Å². The van der Waals surface area contributed by atoms with Crippen LogP contribution in [0.4, 0.5) is 14.9 Å². The third kappa shape index (κ3) is 3.23. The van der Waals surface area contributed by atoms with Gasteiger partial charge in [0, 0.05) is 28.9 Å². The first kappa shape index (κ1) is 18.7. The number of fused-ring (bicyclic) bond motifs is 3. The number of anilines is 1. The Labute approximate surface area is 165 Å². The summed E-state index contributed by atoms with van der Waals surface area (Å²) in [5.74, 6) is -0.107. The van der Waals surface area contributed by atoms with Gasteiger partial charge in [-0.25, -0.2) is 14.2 Å². The van der Waals surface area contributed by atoms with Gasteiger partial charge in [0.2, 0.25) is 0 Å². The van der Waals surface area contributed by atoms with Gasteiger partial charge in [0.05, 0.1) is 32.2 Å². The number of aliphatic hydroxyl groups excluding tert-OH is 1. The van der Waals surface area contributed by atoms with Crippen LogP contribution in [0.3, 0.4) is 0 Å². The zero-order valence-electron chi connectivity index (χ0n) is 15.8. The Hall–Kier alpha value is -3.65. The topological polar surface area (TPSA) is 85.1 Å². The van der Waals surface area contributed by atoms with Crippen LogP contribution in [-0.4, -0.2) is 34.8 Å². The summed E-state index contributed by atoms with van der Waals surface area (Å²) in [6.07, 6.45) is 1.19. The molecule has 0 radical (unpaired) electrons. The van der Waals surface area contributed by atoms with Gasteiger partial charge in [0.1, 0.15) is 17.2 Å². The number of pyridine rings is 1. The number of nitrogens with one attached hydrogen (secondary N) is 1. The molecule has 0 fully saturated rings. The van der Waals surface area contributed by atoms with Crippen LogP contribution in [0.25, 0.3) is 27.7 Å². The van der Waals surface area contributed by atoms with Gasteiger partial charge in [-0.1, -0.05) is 6.07 Å². The third-order valence-corrected chi connectivity index (χ3v) is 4.72. The number of halogens is 1. The fraction of sp³-hybridized carbons (Fsp3) is 0.143. The molecule has 0 unspecified atom stereocenters. The van der Waals surface area contributed by atoms with Crippen molar-refractivity contribution in [3.8, 4) is 17.0 Å². The van der Waals surface area contributed by atoms with Crippen molar-refractivity contribution < 1.29 is 23.8 Å². The van der Waals surface area contributed by atoms with E-state index in [1.54, 1.807) is 34.9 Å². The highest BCUT2D eigenvalue weighted by atomic mass is 19.1. The Morgan fingerprint density at radius 1 is 1.21 bits per heavy atom. The van der Waals surface area contributed by atoms with Crippen molar-refractivity contribution >= 4 is 28.2 Å². The minimum atomic E-state index is -0.586. The number of aromatic nitrogens is 2. The fourth-order valence-electron chi connectivity index (χ4n) is 3.30. The number of amides is 1. The lowest BCUT2D eigenvalue weighted by Crippen LogP contribution is -2.10. The van der Waals surface area contributed by atoms with Gasteiger partial charge >= 0.3 is 6.09 Å². The molecule has 2 aromatic carbocycles. The number of benzene rings is 2. The van der Waals surface area contributed by atoms with Crippen LogP contribution in [0.1, 0.15) is 5.69 Å². The Kier molecular flexibility index (Phi) is 4.77. The minimum absolute atomic E-state index is 0.260. The first-order valence-corrected chi connectivity index (χ1v) is 8.79. The molecule has 2 heterocycles. The second kappa shape index (κ2) is 7.40. The van der Waals surface area contributed by atoms with Crippen LogP contribution >= 0.6 is 0 Å². The lowest BCUT2D eigenvalue weighted by molar-refractivity contribution is 0.187. The van der Waals surface area contributed by atoms with E-state index in [1.165, 1.54) is 20.3 Å². The Balaban J connectivity index is 1.94. The fourth-order valence-corrected chi connectivity index (χ4v) is 3.30. The smallest absolute Gasteiger partial charge is 0.411 e. The third-order valence-electron chi connectivity index (χ3n) is 4.72. The number of aliphatic hydroxyl groups is 1. The van der Waals surface area contributed by atoms with Crippen molar-refractivity contribution in [3.63, 3.8) is 0 Å². The number of hydrogen-bond acceptors (Lipinski definition) is 5. The molecule has 0 saturated carbocycles. The predicted molar refractivity (Wildman–Crippen MR) is 107 cm³/mol. The maximum absolute atomic E-state index is 14.7. The van der Waals surface area contributed by atoms with Crippen molar-refractivity contribution in [2.45, 2.75) is 6.61 Å². The average Bonchev–Trinajstić information content (AvgIpc) is 3.12. The zero-order valence-corrected chi connectivity index (χ0v) is 15.8. The van der Waals surface area contributed by atoms with Crippen molar-refractivity contribution in [1.82, 2.24) is 9.38 Å². The van der Waals surface area contributed by atoms with Gasteiger partial charge in [-0.05, 0) is 35.7 Å². The highest BCUT2D eigenvalue weighted by Gasteiger charge is 2.18. The molecule has 7 nitrogen and oxygen atoms in total. The van der Waals surface area contributed by atoms with E-state index in [-0.39, 0.29) is 12.2 Å². The summed E-state index contributed by atoms with van der Waals surface area (Å²) in [6.45, 7) is -0.326. The zero-order chi connectivity index (χ0) is 20.5. The van der Waals surface area contributed by atoms with E-state index in [4.69, 9.17) is 4.74 Å². The standard InChI is InChI=1S/C21H18FN3O4/c1-28-14-5-6-15(17(22)10-14)19-18(11-26)25-8-7-12-3-4-13(23-21(27)29-2)9-16(12)20(25)24-19/h3-10,26H,11H2,1-2H3,(H,23,27). The Bertz CT molecular complexity index is 1240. The van der Waals surface area contributed by atoms with E-state index in [9.17, 15) is 14.3 Å². The molecule has 2 aromatic heterocycles. The highest BCUT2D eigenvalue weighted by molar-refractivity contribution is 5.99. The molecule has 0 aliphatic heterocycles. The summed E-state index contributed by atoms with van der Waals surface area (Å²) in [5.41, 5.74) is 2.12. The number of ether oxygens (including phenoxy) is 2. The molecule has 4 rings (SSSR count). The number of carbonyl (C=O) groups excluding carboxylic acids is 1. The summed E-state index contributed by atoms with van der Waals surface area (Å²) in [4.78, 5) is 16.1. The SMILES string of the molecule is COC(=O)Nc1ccc2ccn3c(CO)c(-c4ccc(OC)cc4F)nc3c2c1. The van der Waals surface area contributed by atoms with E-state index >= 15 is 0 Å². The van der Waals surface area contributed by atoms with Crippen LogP contribution in [0.2, 0.25) is 0 Å². The van der Waals surface area contributed by atoms with E-state index in [1.807, 2.05) is 12.1 Å². The molecule has 1 amide bonds. The molecule has 0 saturated heterocycles. The second-order valence-corrected chi connectivity index (χ2v) is 6.34. The van der Waals surface area contributed by atoms with Crippen LogP contribution in [-0.2, 0) is 11.3 Å². The maximum atomic E-state index is 14.7. The molecule has 0 spiro atoms. The molecular formula is C21H18FN3O4. The van der Waals surface area contributed by atoms with Crippen LogP contribution < -0.4 is 10.1 Å². The van der Waals surface area contributed by atoms with E-state index < -0.39 is 11.9 Å². The van der Waals surface area contributed by atoms with Gasteiger partial charge < -0.3 is 19.0 Å². The average molecular weight is 395 g/mol. The van der Waals surface area contributed by atoms with Gasteiger partial charge in [0.25, 0.3) is 0 Å². The summed E-state index contributed by atoms with van der Waals surface area (Å²) >= 11 is 0. The molecule has 4 aromatic rings. The van der Waals surface area contributed by atoms with Gasteiger partial charge in [0.15, 0.2) is 0 Å². The number of nitrogens with zero attached hydrogens (tertiary/aromatic N) is 2. The van der Waals surface area contributed by atoms with E-state index in [0.717, 1.165) is 10.8 Å². The molecule has 0 aliphatic carbocycles. The molecular weight excluding hydrogens is 377 g/mol. The quantitative estimate of drug-likeness (QED) is 0.546. The van der Waals surface area contributed by atoms with Crippen molar-refractivity contribution in [1.29, 1.82) is 0 Å². The normalized spacial score (nSPS) is 11.0. The van der Waals surface area contributed by atoms with Gasteiger partial charge in [-0.2, -0.15) is 0 Å². The largest absolute Gasteiger partial charge is 0.497 e. The molecule has 148 valence electrons. The molecule has 0 bridgehead atoms. The second-order valence-electron chi connectivity index (χ2n) is 6.34. The molecule has 0 aliphatic rings. The maximum Gasteiger partial charge on any atom is 0.411 e. The highest BCUT2D eigenvalue weighted by Crippen LogP contribution is 2.32. The van der Waals surface area contributed by atoms with Crippen molar-refractivity contribution in [2.24, 2.45) is 0 Å². The lowest BCUT2D eigenvalue weighted by Gasteiger charge is -2.07. The number of methoxy groups -OCH3 is 2. The molecule has 8 heteroatoms. The van der Waals surface area contributed by atoms with Gasteiger partial charge in [-0.15, -0.1) is 0 Å². The van der Waals surface area contributed by atoms with Crippen molar-refractivity contribution in [2.75, 3.05) is 19.5 Å². The molecule has 29 heavy (non-hydrogen) atoms.